The number of hydrogen-bond donors (Lipinski definition) is 2. The lowest BCUT2D eigenvalue weighted by Gasteiger charge is -2.36. The van der Waals surface area contributed by atoms with E-state index in [9.17, 15) is 9.90 Å². The molecule has 0 aromatic carbocycles. The van der Waals surface area contributed by atoms with Gasteiger partial charge in [0.15, 0.2) is 0 Å². The van der Waals surface area contributed by atoms with Crippen LogP contribution >= 0.6 is 0 Å². The minimum absolute atomic E-state index is 0.0333. The molecule has 1 saturated carbocycles. The fourth-order valence-corrected chi connectivity index (χ4v) is 2.75. The first-order chi connectivity index (χ1) is 8.71. The Kier molecular flexibility index (Phi) is 4.07. The molecule has 1 aliphatic rings. The second-order valence-corrected chi connectivity index (χ2v) is 5.13. The van der Waals surface area contributed by atoms with Crippen LogP contribution in [-0.4, -0.2) is 27.7 Å². The Hall–Kier alpha value is -1.29. The quantitative estimate of drug-likeness (QED) is 0.858. The monoisotopic (exact) mass is 250 g/mol. The highest BCUT2D eigenvalue weighted by atomic mass is 16.3. The average molecular weight is 250 g/mol. The summed E-state index contributed by atoms with van der Waals surface area (Å²) in [6.07, 6.45) is 7.01. The summed E-state index contributed by atoms with van der Waals surface area (Å²) in [7, 11) is 0. The SMILES string of the molecule is CCn1cccc1C(=O)NC1(CO)CCCCC1. The highest BCUT2D eigenvalue weighted by Gasteiger charge is 2.33. The van der Waals surface area contributed by atoms with E-state index in [1.807, 2.05) is 29.8 Å². The van der Waals surface area contributed by atoms with Gasteiger partial charge in [0.25, 0.3) is 5.91 Å². The zero-order chi connectivity index (χ0) is 13.0. The first kappa shape index (κ1) is 13.1. The molecule has 0 spiro atoms. The van der Waals surface area contributed by atoms with E-state index in [2.05, 4.69) is 5.32 Å². The van der Waals surface area contributed by atoms with Crippen molar-refractivity contribution in [2.75, 3.05) is 6.61 Å². The van der Waals surface area contributed by atoms with Gasteiger partial charge in [0.05, 0.1) is 12.1 Å². The largest absolute Gasteiger partial charge is 0.394 e. The van der Waals surface area contributed by atoms with E-state index in [-0.39, 0.29) is 12.5 Å². The van der Waals surface area contributed by atoms with Crippen LogP contribution in [0.5, 0.6) is 0 Å². The van der Waals surface area contributed by atoms with Gasteiger partial charge in [0, 0.05) is 12.7 Å². The third kappa shape index (κ3) is 2.58. The van der Waals surface area contributed by atoms with Crippen molar-refractivity contribution < 1.29 is 9.90 Å². The highest BCUT2D eigenvalue weighted by Crippen LogP contribution is 2.28. The Morgan fingerprint density at radius 2 is 2.17 bits per heavy atom. The van der Waals surface area contributed by atoms with Gasteiger partial charge < -0.3 is 15.0 Å². The van der Waals surface area contributed by atoms with E-state index in [0.29, 0.717) is 5.69 Å². The van der Waals surface area contributed by atoms with Crippen LogP contribution in [0.4, 0.5) is 0 Å². The lowest BCUT2D eigenvalue weighted by atomic mass is 9.82. The van der Waals surface area contributed by atoms with Crippen molar-refractivity contribution in [2.45, 2.75) is 51.1 Å². The summed E-state index contributed by atoms with van der Waals surface area (Å²) < 4.78 is 1.92. The molecule has 2 rings (SSSR count). The summed E-state index contributed by atoms with van der Waals surface area (Å²) in [5.74, 6) is -0.0715. The van der Waals surface area contributed by atoms with Gasteiger partial charge in [0.2, 0.25) is 0 Å². The Labute approximate surface area is 108 Å². The Balaban J connectivity index is 2.10. The van der Waals surface area contributed by atoms with Gasteiger partial charge in [-0.2, -0.15) is 0 Å². The highest BCUT2D eigenvalue weighted by molar-refractivity contribution is 5.93. The smallest absolute Gasteiger partial charge is 0.268 e. The Morgan fingerprint density at radius 3 is 2.78 bits per heavy atom. The zero-order valence-electron chi connectivity index (χ0n) is 11.0. The summed E-state index contributed by atoms with van der Waals surface area (Å²) in [6, 6.07) is 3.71. The molecule has 0 aliphatic heterocycles. The molecule has 1 aromatic heterocycles. The lowest BCUT2D eigenvalue weighted by molar-refractivity contribution is 0.0750. The molecular formula is C14H22N2O2. The fourth-order valence-electron chi connectivity index (χ4n) is 2.75. The minimum Gasteiger partial charge on any atom is -0.394 e. The standard InChI is InChI=1S/C14H22N2O2/c1-2-16-10-6-7-12(16)13(18)15-14(11-17)8-4-3-5-9-14/h6-7,10,17H,2-5,8-9,11H2,1H3,(H,15,18). The molecular weight excluding hydrogens is 228 g/mol. The van der Waals surface area contributed by atoms with Gasteiger partial charge in [-0.25, -0.2) is 0 Å². The van der Waals surface area contributed by atoms with Crippen LogP contribution in [0.1, 0.15) is 49.5 Å². The van der Waals surface area contributed by atoms with E-state index in [0.717, 1.165) is 32.2 Å². The van der Waals surface area contributed by atoms with E-state index >= 15 is 0 Å². The van der Waals surface area contributed by atoms with Gasteiger partial charge >= 0.3 is 0 Å². The number of hydrogen-bond acceptors (Lipinski definition) is 2. The number of nitrogens with zero attached hydrogens (tertiary/aromatic N) is 1. The average Bonchev–Trinajstić information content (AvgIpc) is 2.88. The summed E-state index contributed by atoms with van der Waals surface area (Å²) in [5.41, 5.74) is 0.272. The maximum atomic E-state index is 12.3. The van der Waals surface area contributed by atoms with Crippen LogP contribution in [0.25, 0.3) is 0 Å². The van der Waals surface area contributed by atoms with Crippen LogP contribution in [0.3, 0.4) is 0 Å². The molecule has 1 amide bonds. The van der Waals surface area contributed by atoms with E-state index < -0.39 is 5.54 Å². The summed E-state index contributed by atoms with van der Waals surface area (Å²) in [4.78, 5) is 12.3. The zero-order valence-corrected chi connectivity index (χ0v) is 11.0. The number of aromatic nitrogens is 1. The van der Waals surface area contributed by atoms with Crippen molar-refractivity contribution in [2.24, 2.45) is 0 Å². The number of aliphatic hydroxyl groups is 1. The van der Waals surface area contributed by atoms with Crippen LogP contribution in [-0.2, 0) is 6.54 Å². The number of rotatable bonds is 4. The molecule has 0 unspecified atom stereocenters. The van der Waals surface area contributed by atoms with Crippen molar-refractivity contribution in [1.29, 1.82) is 0 Å². The van der Waals surface area contributed by atoms with Crippen molar-refractivity contribution in [3.05, 3.63) is 24.0 Å². The molecule has 0 bridgehead atoms. The maximum absolute atomic E-state index is 12.3. The molecule has 1 aromatic rings. The van der Waals surface area contributed by atoms with Gasteiger partial charge in [-0.1, -0.05) is 19.3 Å². The van der Waals surface area contributed by atoms with Crippen LogP contribution in [0.15, 0.2) is 18.3 Å². The minimum atomic E-state index is -0.405. The molecule has 1 aliphatic carbocycles. The van der Waals surface area contributed by atoms with Crippen LogP contribution in [0.2, 0.25) is 0 Å². The fraction of sp³-hybridized carbons (Fsp3) is 0.643. The third-order valence-corrected chi connectivity index (χ3v) is 3.89. The van der Waals surface area contributed by atoms with Gasteiger partial charge in [0.1, 0.15) is 5.69 Å². The van der Waals surface area contributed by atoms with Gasteiger partial charge in [-0.15, -0.1) is 0 Å². The molecule has 0 radical (unpaired) electrons. The molecule has 1 heterocycles. The molecule has 0 atom stereocenters. The van der Waals surface area contributed by atoms with E-state index in [4.69, 9.17) is 0 Å². The van der Waals surface area contributed by atoms with Crippen LogP contribution < -0.4 is 5.32 Å². The number of aryl methyl sites for hydroxylation is 1. The van der Waals surface area contributed by atoms with Crippen molar-refractivity contribution >= 4 is 5.91 Å². The molecule has 4 nitrogen and oxygen atoms in total. The molecule has 1 fully saturated rings. The maximum Gasteiger partial charge on any atom is 0.268 e. The number of nitrogens with one attached hydrogen (secondary N) is 1. The molecule has 100 valence electrons. The second kappa shape index (κ2) is 5.57. The number of aliphatic hydroxyl groups excluding tert-OH is 1. The summed E-state index contributed by atoms with van der Waals surface area (Å²) in [5, 5.41) is 12.6. The Morgan fingerprint density at radius 1 is 1.44 bits per heavy atom. The van der Waals surface area contributed by atoms with Gasteiger partial charge in [-0.05, 0) is 31.9 Å². The van der Waals surface area contributed by atoms with E-state index in [1.54, 1.807) is 0 Å². The first-order valence-corrected chi connectivity index (χ1v) is 6.79. The number of carbonyl (C=O) groups is 1. The number of carbonyl (C=O) groups excluding carboxylic acids is 1. The normalized spacial score (nSPS) is 18.6. The second-order valence-electron chi connectivity index (χ2n) is 5.13. The van der Waals surface area contributed by atoms with Crippen molar-refractivity contribution in [1.82, 2.24) is 9.88 Å². The molecule has 18 heavy (non-hydrogen) atoms. The first-order valence-electron chi connectivity index (χ1n) is 6.79. The lowest BCUT2D eigenvalue weighted by Crippen LogP contribution is -2.52. The van der Waals surface area contributed by atoms with E-state index in [1.165, 1.54) is 6.42 Å². The predicted molar refractivity (Wildman–Crippen MR) is 70.5 cm³/mol. The molecule has 2 N–H and O–H groups in total. The Bertz CT molecular complexity index is 406. The van der Waals surface area contributed by atoms with Crippen LogP contribution in [0, 0.1) is 0 Å². The predicted octanol–water partition coefficient (Wildman–Crippen LogP) is 1.93. The summed E-state index contributed by atoms with van der Waals surface area (Å²) >= 11 is 0. The summed E-state index contributed by atoms with van der Waals surface area (Å²) in [6.45, 7) is 2.83. The van der Waals surface area contributed by atoms with Crippen molar-refractivity contribution in [3.63, 3.8) is 0 Å². The third-order valence-electron chi connectivity index (χ3n) is 3.89. The topological polar surface area (TPSA) is 54.3 Å². The molecule has 4 heteroatoms. The number of amides is 1. The molecule has 0 saturated heterocycles. The van der Waals surface area contributed by atoms with Gasteiger partial charge in [-0.3, -0.25) is 4.79 Å². The van der Waals surface area contributed by atoms with Crippen molar-refractivity contribution in [3.8, 4) is 0 Å².